The highest BCUT2D eigenvalue weighted by Crippen LogP contribution is 2.38. The van der Waals surface area contributed by atoms with Crippen molar-refractivity contribution in [3.8, 4) is 0 Å². The van der Waals surface area contributed by atoms with Gasteiger partial charge in [0.1, 0.15) is 6.10 Å². The first-order chi connectivity index (χ1) is 8.34. The first-order valence-electron chi connectivity index (χ1n) is 6.37. The van der Waals surface area contributed by atoms with Crippen LogP contribution in [0.2, 0.25) is 0 Å². The first kappa shape index (κ1) is 10.6. The molecule has 1 saturated heterocycles. The molecule has 0 spiro atoms. The van der Waals surface area contributed by atoms with Gasteiger partial charge in [0.2, 0.25) is 0 Å². The Morgan fingerprint density at radius 1 is 1.12 bits per heavy atom. The maximum absolute atomic E-state index is 11.6. The summed E-state index contributed by atoms with van der Waals surface area (Å²) in [5, 5.41) is 2.97. The van der Waals surface area contributed by atoms with E-state index in [1.807, 2.05) is 18.2 Å². The highest BCUT2D eigenvalue weighted by atomic mass is 16.6. The lowest BCUT2D eigenvalue weighted by molar-refractivity contribution is -0.00765. The largest absolute Gasteiger partial charge is 0.446 e. The fourth-order valence-corrected chi connectivity index (χ4v) is 3.05. The Morgan fingerprint density at radius 3 is 2.71 bits per heavy atom. The van der Waals surface area contributed by atoms with Crippen molar-refractivity contribution in [1.29, 1.82) is 0 Å². The minimum Gasteiger partial charge on any atom is -0.446 e. The van der Waals surface area contributed by atoms with Gasteiger partial charge in [-0.2, -0.15) is 0 Å². The monoisotopic (exact) mass is 231 g/mol. The predicted molar refractivity (Wildman–Crippen MR) is 64.5 cm³/mol. The van der Waals surface area contributed by atoms with E-state index in [1.54, 1.807) is 0 Å². The number of hydrogen-bond acceptors (Lipinski definition) is 2. The normalized spacial score (nSPS) is 32.2. The molecule has 1 saturated carbocycles. The number of benzene rings is 1. The van der Waals surface area contributed by atoms with E-state index in [4.69, 9.17) is 4.74 Å². The number of rotatable bonds is 1. The van der Waals surface area contributed by atoms with Crippen LogP contribution >= 0.6 is 0 Å². The number of nitrogens with one attached hydrogen (secondary N) is 1. The van der Waals surface area contributed by atoms with E-state index in [1.165, 1.54) is 18.4 Å². The lowest BCUT2D eigenvalue weighted by Gasteiger charge is -2.41. The van der Waals surface area contributed by atoms with Gasteiger partial charge >= 0.3 is 6.09 Å². The maximum atomic E-state index is 11.6. The lowest BCUT2D eigenvalue weighted by Crippen LogP contribution is -2.48. The predicted octanol–water partition coefficient (Wildman–Crippen LogP) is 3.03. The molecule has 0 bridgehead atoms. The molecule has 17 heavy (non-hydrogen) atoms. The van der Waals surface area contributed by atoms with Gasteiger partial charge in [0.25, 0.3) is 0 Å². The molecular formula is C14H17NO2. The van der Waals surface area contributed by atoms with Crippen molar-refractivity contribution in [3.05, 3.63) is 35.9 Å². The fourth-order valence-electron chi connectivity index (χ4n) is 3.05. The fraction of sp³-hybridized carbons (Fsp3) is 0.500. The zero-order valence-electron chi connectivity index (χ0n) is 9.76. The van der Waals surface area contributed by atoms with Crippen molar-refractivity contribution < 1.29 is 9.53 Å². The molecule has 1 heterocycles. The quantitative estimate of drug-likeness (QED) is 0.806. The van der Waals surface area contributed by atoms with Crippen molar-refractivity contribution in [2.75, 3.05) is 0 Å². The molecule has 1 amide bonds. The van der Waals surface area contributed by atoms with E-state index in [2.05, 4.69) is 17.4 Å². The van der Waals surface area contributed by atoms with Crippen LogP contribution in [0.1, 0.15) is 37.3 Å². The van der Waals surface area contributed by atoms with Crippen molar-refractivity contribution in [1.82, 2.24) is 5.32 Å². The number of fused-ring (bicyclic) bond motifs is 1. The third kappa shape index (κ3) is 2.02. The molecule has 3 nitrogen and oxygen atoms in total. The number of hydrogen-bond donors (Lipinski definition) is 1. The molecule has 0 radical (unpaired) electrons. The van der Waals surface area contributed by atoms with Crippen LogP contribution in [0.15, 0.2) is 30.3 Å². The highest BCUT2D eigenvalue weighted by molar-refractivity contribution is 5.69. The number of carbonyl (C=O) groups excluding carboxylic acids is 1. The van der Waals surface area contributed by atoms with E-state index >= 15 is 0 Å². The van der Waals surface area contributed by atoms with Gasteiger partial charge in [-0.15, -0.1) is 0 Å². The van der Waals surface area contributed by atoms with Crippen molar-refractivity contribution in [2.24, 2.45) is 5.92 Å². The minimum atomic E-state index is -0.262. The van der Waals surface area contributed by atoms with Gasteiger partial charge in [-0.05, 0) is 24.8 Å². The Labute approximate surface area is 101 Å². The number of ether oxygens (including phenoxy) is 1. The van der Waals surface area contributed by atoms with Crippen LogP contribution in [0.4, 0.5) is 4.79 Å². The summed E-state index contributed by atoms with van der Waals surface area (Å²) < 4.78 is 5.39. The number of amides is 1. The van der Waals surface area contributed by atoms with Crippen LogP contribution in [0, 0.1) is 5.92 Å². The molecule has 1 N–H and O–H groups in total. The third-order valence-corrected chi connectivity index (χ3v) is 3.87. The van der Waals surface area contributed by atoms with Crippen molar-refractivity contribution in [3.63, 3.8) is 0 Å². The van der Waals surface area contributed by atoms with Gasteiger partial charge in [0.05, 0.1) is 6.04 Å². The highest BCUT2D eigenvalue weighted by Gasteiger charge is 2.40. The van der Waals surface area contributed by atoms with Gasteiger partial charge in [0, 0.05) is 5.92 Å². The molecular weight excluding hydrogens is 214 g/mol. The second-order valence-corrected chi connectivity index (χ2v) is 4.92. The Morgan fingerprint density at radius 2 is 1.88 bits per heavy atom. The summed E-state index contributed by atoms with van der Waals surface area (Å²) in [5.74, 6) is 0.434. The van der Waals surface area contributed by atoms with Crippen molar-refractivity contribution >= 4 is 6.09 Å². The van der Waals surface area contributed by atoms with E-state index in [9.17, 15) is 4.79 Å². The summed E-state index contributed by atoms with van der Waals surface area (Å²) >= 11 is 0. The Bertz CT molecular complexity index is 404. The Hall–Kier alpha value is -1.51. The molecule has 0 unspecified atom stereocenters. The Kier molecular flexibility index (Phi) is 2.75. The molecule has 3 rings (SSSR count). The SMILES string of the molecule is O=C1N[C@@H](c2ccccc2)[C@H]2CCCC[C@H]2O1. The zero-order valence-corrected chi connectivity index (χ0v) is 9.76. The number of alkyl carbamates (subject to hydrolysis) is 1. The second-order valence-electron chi connectivity index (χ2n) is 4.92. The summed E-state index contributed by atoms with van der Waals surface area (Å²) in [6, 6.07) is 10.3. The van der Waals surface area contributed by atoms with Crippen LogP contribution in [0.25, 0.3) is 0 Å². The topological polar surface area (TPSA) is 38.3 Å². The van der Waals surface area contributed by atoms with Crippen molar-refractivity contribution in [2.45, 2.75) is 37.8 Å². The standard InChI is InChI=1S/C14H17NO2/c16-14-15-13(10-6-2-1-3-7-10)11-8-4-5-9-12(11)17-14/h1-3,6-7,11-13H,4-5,8-9H2,(H,15,16)/t11-,12+,13-/m0/s1. The van der Waals surface area contributed by atoms with Crippen LogP contribution in [0.3, 0.4) is 0 Å². The zero-order chi connectivity index (χ0) is 11.7. The van der Waals surface area contributed by atoms with Gasteiger partial charge in [0.15, 0.2) is 0 Å². The van der Waals surface area contributed by atoms with E-state index in [0.29, 0.717) is 5.92 Å². The van der Waals surface area contributed by atoms with Crippen LogP contribution < -0.4 is 5.32 Å². The van der Waals surface area contributed by atoms with E-state index in [0.717, 1.165) is 12.8 Å². The molecule has 3 atom stereocenters. The minimum absolute atomic E-state index is 0.114. The molecule has 3 heteroatoms. The van der Waals surface area contributed by atoms with Crippen LogP contribution in [-0.2, 0) is 4.74 Å². The summed E-state index contributed by atoms with van der Waals surface area (Å²) in [4.78, 5) is 11.6. The smallest absolute Gasteiger partial charge is 0.407 e. The van der Waals surface area contributed by atoms with Crippen LogP contribution in [-0.4, -0.2) is 12.2 Å². The van der Waals surface area contributed by atoms with Gasteiger partial charge in [-0.25, -0.2) is 4.79 Å². The summed E-state index contributed by atoms with van der Waals surface area (Å²) in [6.45, 7) is 0. The van der Waals surface area contributed by atoms with Gasteiger partial charge in [-0.3, -0.25) is 0 Å². The average molecular weight is 231 g/mol. The average Bonchev–Trinajstić information content (AvgIpc) is 2.39. The molecule has 2 fully saturated rings. The summed E-state index contributed by atoms with van der Waals surface area (Å²) in [5.41, 5.74) is 1.20. The Balaban J connectivity index is 1.88. The summed E-state index contributed by atoms with van der Waals surface area (Å²) in [6.07, 6.45) is 4.43. The van der Waals surface area contributed by atoms with Crippen LogP contribution in [0.5, 0.6) is 0 Å². The van der Waals surface area contributed by atoms with Gasteiger partial charge in [-0.1, -0.05) is 36.8 Å². The summed E-state index contributed by atoms with van der Waals surface area (Å²) in [7, 11) is 0. The molecule has 1 aromatic carbocycles. The molecule has 2 aliphatic rings. The third-order valence-electron chi connectivity index (χ3n) is 3.87. The molecule has 1 aromatic rings. The second kappa shape index (κ2) is 4.40. The molecule has 90 valence electrons. The van der Waals surface area contributed by atoms with E-state index in [-0.39, 0.29) is 18.2 Å². The lowest BCUT2D eigenvalue weighted by atomic mass is 9.78. The van der Waals surface area contributed by atoms with Gasteiger partial charge < -0.3 is 10.1 Å². The maximum Gasteiger partial charge on any atom is 0.407 e. The molecule has 1 aliphatic heterocycles. The molecule has 0 aromatic heterocycles. The molecule has 1 aliphatic carbocycles. The first-order valence-corrected chi connectivity index (χ1v) is 6.37. The number of carbonyl (C=O) groups is 1. The van der Waals surface area contributed by atoms with E-state index < -0.39 is 0 Å².